The number of amides is 2. The van der Waals surface area contributed by atoms with Crippen LogP contribution >= 0.6 is 0 Å². The molecule has 4 aliphatic rings. The van der Waals surface area contributed by atoms with Crippen molar-refractivity contribution in [3.8, 4) is 0 Å². The molecular formula is C26H17FN2O5. The van der Waals surface area contributed by atoms with Crippen LogP contribution in [0.5, 0.6) is 0 Å². The predicted molar refractivity (Wildman–Crippen MR) is 119 cm³/mol. The van der Waals surface area contributed by atoms with Gasteiger partial charge < -0.3 is 0 Å². The van der Waals surface area contributed by atoms with Gasteiger partial charge in [0, 0.05) is 5.92 Å². The van der Waals surface area contributed by atoms with Crippen molar-refractivity contribution < 1.29 is 23.7 Å². The number of carbonyl (C=O) groups excluding carboxylic acids is 3. The molecule has 3 aromatic rings. The van der Waals surface area contributed by atoms with Crippen LogP contribution < -0.4 is 4.90 Å². The number of Topliss-reactive ketones (excluding diaryl/α,β-unsaturated/α-hetero) is 1. The summed E-state index contributed by atoms with van der Waals surface area (Å²) in [7, 11) is 0. The van der Waals surface area contributed by atoms with Crippen LogP contribution in [0, 0.1) is 27.8 Å². The minimum Gasteiger partial charge on any atom is -0.299 e. The van der Waals surface area contributed by atoms with Crippen LogP contribution in [0.15, 0.2) is 66.7 Å². The second-order valence-corrected chi connectivity index (χ2v) is 8.92. The highest BCUT2D eigenvalue weighted by molar-refractivity contribution is 6.26. The molecule has 0 aromatic heterocycles. The first-order chi connectivity index (χ1) is 16.3. The fourth-order valence-electron chi connectivity index (χ4n) is 6.44. The maximum atomic E-state index is 14.0. The zero-order chi connectivity index (χ0) is 23.9. The van der Waals surface area contributed by atoms with Gasteiger partial charge in [0.15, 0.2) is 0 Å². The van der Waals surface area contributed by atoms with Crippen molar-refractivity contribution in [1.29, 1.82) is 0 Å². The second-order valence-electron chi connectivity index (χ2n) is 8.92. The Balaban J connectivity index is 1.66. The Labute approximate surface area is 193 Å². The summed E-state index contributed by atoms with van der Waals surface area (Å²) in [6.45, 7) is 1.41. The van der Waals surface area contributed by atoms with E-state index in [1.54, 1.807) is 12.1 Å². The Kier molecular flexibility index (Phi) is 4.00. The summed E-state index contributed by atoms with van der Waals surface area (Å²) in [6, 6.07) is 17.4. The SMILES string of the molecule is CC(=O)C12c3ccccc3C(c3ccccc31)[C@@H]1C(=O)N(c3ccc(F)cc3[N+](=O)[O-])C(=O)[C@H]12. The van der Waals surface area contributed by atoms with Crippen molar-refractivity contribution in [2.75, 3.05) is 4.90 Å². The van der Waals surface area contributed by atoms with E-state index in [0.717, 1.165) is 28.2 Å². The zero-order valence-electron chi connectivity index (χ0n) is 17.9. The Morgan fingerprint density at radius 2 is 1.56 bits per heavy atom. The average molecular weight is 456 g/mol. The summed E-state index contributed by atoms with van der Waals surface area (Å²) < 4.78 is 13.8. The molecule has 2 amide bonds. The molecule has 1 saturated heterocycles. The summed E-state index contributed by atoms with van der Waals surface area (Å²) in [4.78, 5) is 53.0. The van der Waals surface area contributed by atoms with Gasteiger partial charge in [-0.1, -0.05) is 48.5 Å². The molecule has 0 radical (unpaired) electrons. The van der Waals surface area contributed by atoms with Crippen molar-refractivity contribution in [1.82, 2.24) is 0 Å². The Hall–Kier alpha value is -4.20. The summed E-state index contributed by atoms with van der Waals surface area (Å²) >= 11 is 0. The normalized spacial score (nSPS) is 26.2. The first-order valence-corrected chi connectivity index (χ1v) is 10.8. The fraction of sp³-hybridized carbons (Fsp3) is 0.192. The number of halogens is 1. The van der Waals surface area contributed by atoms with Gasteiger partial charge in [0.2, 0.25) is 11.8 Å². The van der Waals surface area contributed by atoms with Crippen molar-refractivity contribution in [2.45, 2.75) is 18.3 Å². The highest BCUT2D eigenvalue weighted by Crippen LogP contribution is 2.64. The molecule has 7 rings (SSSR count). The summed E-state index contributed by atoms with van der Waals surface area (Å²) in [5.41, 5.74) is 0.598. The van der Waals surface area contributed by atoms with Crippen molar-refractivity contribution >= 4 is 29.0 Å². The van der Waals surface area contributed by atoms with E-state index in [4.69, 9.17) is 0 Å². The number of hydrogen-bond acceptors (Lipinski definition) is 5. The molecule has 0 N–H and O–H groups in total. The Morgan fingerprint density at radius 3 is 2.12 bits per heavy atom. The highest BCUT2D eigenvalue weighted by atomic mass is 19.1. The van der Waals surface area contributed by atoms with Crippen molar-refractivity contribution in [3.05, 3.63) is 105 Å². The van der Waals surface area contributed by atoms with E-state index in [2.05, 4.69) is 0 Å². The number of carbonyl (C=O) groups is 3. The maximum Gasteiger partial charge on any atom is 0.296 e. The largest absolute Gasteiger partial charge is 0.299 e. The lowest BCUT2D eigenvalue weighted by Crippen LogP contribution is -2.57. The molecular weight excluding hydrogens is 439 g/mol. The molecule has 34 heavy (non-hydrogen) atoms. The third kappa shape index (κ3) is 2.22. The van der Waals surface area contributed by atoms with Crippen LogP contribution in [0.25, 0.3) is 0 Å². The highest BCUT2D eigenvalue weighted by Gasteiger charge is 2.70. The lowest BCUT2D eigenvalue weighted by Gasteiger charge is -2.52. The lowest BCUT2D eigenvalue weighted by atomic mass is 9.46. The number of benzene rings is 3. The van der Waals surface area contributed by atoms with E-state index in [-0.39, 0.29) is 11.5 Å². The van der Waals surface area contributed by atoms with Crippen LogP contribution in [-0.4, -0.2) is 22.5 Å². The number of nitro groups is 1. The lowest BCUT2D eigenvalue weighted by molar-refractivity contribution is -0.384. The number of anilines is 1. The number of rotatable bonds is 3. The predicted octanol–water partition coefficient (Wildman–Crippen LogP) is 3.87. The minimum atomic E-state index is -1.40. The number of nitro benzene ring substituents is 1. The monoisotopic (exact) mass is 456 g/mol. The van der Waals surface area contributed by atoms with Crippen molar-refractivity contribution in [3.63, 3.8) is 0 Å². The van der Waals surface area contributed by atoms with E-state index in [9.17, 15) is 28.9 Å². The van der Waals surface area contributed by atoms with Gasteiger partial charge in [-0.25, -0.2) is 9.29 Å². The van der Waals surface area contributed by atoms with Gasteiger partial charge in [-0.3, -0.25) is 24.5 Å². The second kappa shape index (κ2) is 6.66. The quantitative estimate of drug-likeness (QED) is 0.339. The first kappa shape index (κ1) is 20.4. The maximum absolute atomic E-state index is 14.0. The van der Waals surface area contributed by atoms with Crippen LogP contribution in [0.4, 0.5) is 15.8 Å². The molecule has 0 unspecified atom stereocenters. The molecule has 2 atom stereocenters. The van der Waals surface area contributed by atoms with E-state index in [1.807, 2.05) is 36.4 Å². The summed E-state index contributed by atoms with van der Waals surface area (Å²) in [5, 5.41) is 11.7. The van der Waals surface area contributed by atoms with Gasteiger partial charge in [0.05, 0.1) is 28.2 Å². The molecule has 3 aromatic carbocycles. The average Bonchev–Trinajstić information content (AvgIpc) is 3.09. The smallest absolute Gasteiger partial charge is 0.296 e. The van der Waals surface area contributed by atoms with Gasteiger partial charge >= 0.3 is 0 Å². The molecule has 1 fully saturated rings. The summed E-state index contributed by atoms with van der Waals surface area (Å²) in [6.07, 6.45) is 0. The molecule has 1 aliphatic heterocycles. The fourth-order valence-corrected chi connectivity index (χ4v) is 6.44. The van der Waals surface area contributed by atoms with Gasteiger partial charge in [-0.2, -0.15) is 0 Å². The standard InChI is InChI=1S/C26H17FN2O5/c1-13(30)26-17-8-4-2-6-15(17)21(16-7-3-5-9-18(16)26)22-23(26)25(32)28(24(22)31)19-11-10-14(27)12-20(19)29(33)34/h2-12,21-23H,1H3/t21?,22-,23-,26?/m0/s1. The molecule has 3 aliphatic carbocycles. The molecule has 7 nitrogen and oxygen atoms in total. The molecule has 0 saturated carbocycles. The van der Waals surface area contributed by atoms with E-state index in [1.165, 1.54) is 6.92 Å². The number of ketones is 1. The van der Waals surface area contributed by atoms with Gasteiger partial charge in [0.25, 0.3) is 5.69 Å². The molecule has 1 heterocycles. The van der Waals surface area contributed by atoms with Crippen molar-refractivity contribution in [2.24, 2.45) is 11.8 Å². The van der Waals surface area contributed by atoms with Gasteiger partial charge in [0.1, 0.15) is 17.3 Å². The molecule has 168 valence electrons. The first-order valence-electron chi connectivity index (χ1n) is 10.8. The van der Waals surface area contributed by atoms with Gasteiger partial charge in [-0.15, -0.1) is 0 Å². The topological polar surface area (TPSA) is 97.6 Å². The van der Waals surface area contributed by atoms with Gasteiger partial charge in [-0.05, 0) is 41.3 Å². The van der Waals surface area contributed by atoms with Crippen LogP contribution in [0.3, 0.4) is 0 Å². The van der Waals surface area contributed by atoms with Crippen LogP contribution in [0.2, 0.25) is 0 Å². The minimum absolute atomic E-state index is 0.280. The van der Waals surface area contributed by atoms with E-state index in [0.29, 0.717) is 17.2 Å². The number of nitrogens with zero attached hydrogens (tertiary/aromatic N) is 2. The molecule has 2 bridgehead atoms. The molecule has 8 heteroatoms. The van der Waals surface area contributed by atoms with Crippen LogP contribution in [-0.2, 0) is 19.8 Å². The number of imide groups is 1. The third-order valence-corrected chi connectivity index (χ3v) is 7.55. The Morgan fingerprint density at radius 1 is 0.971 bits per heavy atom. The molecule has 0 spiro atoms. The van der Waals surface area contributed by atoms with E-state index < -0.39 is 51.4 Å². The number of hydrogen-bond donors (Lipinski definition) is 0. The van der Waals surface area contributed by atoms with E-state index >= 15 is 0 Å². The summed E-state index contributed by atoms with van der Waals surface area (Å²) in [5.74, 6) is -4.90. The zero-order valence-corrected chi connectivity index (χ0v) is 17.9. The van der Waals surface area contributed by atoms with Crippen LogP contribution in [0.1, 0.15) is 35.1 Å². The Bertz CT molecular complexity index is 1420. The third-order valence-electron chi connectivity index (χ3n) is 7.55.